The average Bonchev–Trinajstić information content (AvgIpc) is 2.93. The molecule has 5 heteroatoms. The Morgan fingerprint density at radius 1 is 1.12 bits per heavy atom. The predicted molar refractivity (Wildman–Crippen MR) is 95.2 cm³/mol. The maximum absolute atomic E-state index is 11.8. The number of hydrogen-bond donors (Lipinski definition) is 1. The van der Waals surface area contributed by atoms with Crippen LogP contribution in [0.4, 0.5) is 5.69 Å². The Morgan fingerprint density at radius 3 is 2.42 bits per heavy atom. The molecule has 0 fully saturated rings. The van der Waals surface area contributed by atoms with Crippen molar-refractivity contribution >= 4 is 29.5 Å². The normalized spacial score (nSPS) is 14.3. The monoisotopic (exact) mass is 322 g/mol. The van der Waals surface area contributed by atoms with Gasteiger partial charge in [0.25, 0.3) is 5.91 Å². The van der Waals surface area contributed by atoms with E-state index in [0.29, 0.717) is 12.2 Å². The molecule has 0 aliphatic carbocycles. The van der Waals surface area contributed by atoms with Crippen molar-refractivity contribution in [2.24, 2.45) is 5.10 Å². The minimum atomic E-state index is -0.00743. The van der Waals surface area contributed by atoms with Crippen molar-refractivity contribution in [2.75, 3.05) is 12.1 Å². The molecule has 0 aromatic heterocycles. The highest BCUT2D eigenvalue weighted by Crippen LogP contribution is 2.27. The van der Waals surface area contributed by atoms with E-state index in [9.17, 15) is 9.90 Å². The van der Waals surface area contributed by atoms with E-state index in [1.807, 2.05) is 49.4 Å². The van der Waals surface area contributed by atoms with Crippen LogP contribution in [-0.4, -0.2) is 23.8 Å². The number of hydrogen-bond acceptors (Lipinski definition) is 4. The number of benzene rings is 2. The van der Waals surface area contributed by atoms with Crippen LogP contribution in [0.25, 0.3) is 12.2 Å². The minimum Gasteiger partial charge on any atom is -0.504 e. The minimum absolute atomic E-state index is 0.00743. The summed E-state index contributed by atoms with van der Waals surface area (Å²) >= 11 is 0. The van der Waals surface area contributed by atoms with Crippen molar-refractivity contribution in [3.63, 3.8) is 0 Å². The van der Waals surface area contributed by atoms with Gasteiger partial charge in [0, 0.05) is 5.71 Å². The van der Waals surface area contributed by atoms with Crippen molar-refractivity contribution in [3.8, 4) is 11.5 Å². The molecule has 122 valence electrons. The van der Waals surface area contributed by atoms with Gasteiger partial charge in [0.05, 0.1) is 19.2 Å². The Bertz CT molecular complexity index is 823. The quantitative estimate of drug-likeness (QED) is 0.873. The van der Waals surface area contributed by atoms with E-state index in [-0.39, 0.29) is 11.7 Å². The van der Waals surface area contributed by atoms with E-state index in [0.717, 1.165) is 22.5 Å². The molecule has 0 unspecified atom stereocenters. The summed E-state index contributed by atoms with van der Waals surface area (Å²) in [6.07, 6.45) is 4.26. The highest BCUT2D eigenvalue weighted by atomic mass is 16.5. The molecule has 0 bridgehead atoms. The summed E-state index contributed by atoms with van der Waals surface area (Å²) in [4.78, 5) is 11.8. The maximum atomic E-state index is 11.8. The second-order valence-electron chi connectivity index (χ2n) is 5.57. The Labute approximate surface area is 140 Å². The first-order valence-corrected chi connectivity index (χ1v) is 7.59. The third-order valence-electron chi connectivity index (χ3n) is 3.72. The number of carbonyl (C=O) groups is 1. The number of carbonyl (C=O) groups excluding carboxylic acids is 1. The van der Waals surface area contributed by atoms with E-state index >= 15 is 0 Å². The van der Waals surface area contributed by atoms with Gasteiger partial charge < -0.3 is 9.84 Å². The molecule has 0 atom stereocenters. The number of amides is 1. The van der Waals surface area contributed by atoms with Crippen LogP contribution in [0.15, 0.2) is 47.6 Å². The number of phenolic OH excluding ortho intramolecular Hbond substituents is 1. The van der Waals surface area contributed by atoms with Crippen LogP contribution in [0.5, 0.6) is 11.5 Å². The van der Waals surface area contributed by atoms with E-state index in [4.69, 9.17) is 4.74 Å². The smallest absolute Gasteiger partial charge is 0.253 e. The molecule has 1 aliphatic rings. The first-order valence-electron chi connectivity index (χ1n) is 7.59. The van der Waals surface area contributed by atoms with Gasteiger partial charge in [-0.2, -0.15) is 5.10 Å². The van der Waals surface area contributed by atoms with Crippen molar-refractivity contribution in [1.29, 1.82) is 0 Å². The van der Waals surface area contributed by atoms with Crippen LogP contribution in [0.1, 0.15) is 24.5 Å². The Kier molecular flexibility index (Phi) is 4.33. The molecular formula is C19H18N2O3. The molecule has 0 saturated carbocycles. The summed E-state index contributed by atoms with van der Waals surface area (Å²) in [7, 11) is 1.52. The second kappa shape index (κ2) is 6.58. The Hall–Kier alpha value is -3.08. The van der Waals surface area contributed by atoms with Crippen LogP contribution in [0.2, 0.25) is 0 Å². The second-order valence-corrected chi connectivity index (χ2v) is 5.57. The highest BCUT2D eigenvalue weighted by molar-refractivity contribution is 6.12. The molecule has 2 aromatic rings. The number of nitrogens with zero attached hydrogens (tertiary/aromatic N) is 2. The largest absolute Gasteiger partial charge is 0.504 e. The average molecular weight is 322 g/mol. The molecule has 0 spiro atoms. The number of ether oxygens (including phenoxy) is 1. The van der Waals surface area contributed by atoms with Gasteiger partial charge >= 0.3 is 0 Å². The van der Waals surface area contributed by atoms with Crippen LogP contribution < -0.4 is 9.75 Å². The SMILES string of the molecule is COc1cc(C=Cc2ccc(N3N=C(C)CC3=O)cc2)ccc1O. The zero-order valence-electron chi connectivity index (χ0n) is 13.6. The zero-order chi connectivity index (χ0) is 17.1. The van der Waals surface area contributed by atoms with Crippen molar-refractivity contribution < 1.29 is 14.6 Å². The number of rotatable bonds is 4. The maximum Gasteiger partial charge on any atom is 0.253 e. The van der Waals surface area contributed by atoms with Gasteiger partial charge in [0.2, 0.25) is 0 Å². The fraction of sp³-hybridized carbons (Fsp3) is 0.158. The summed E-state index contributed by atoms with van der Waals surface area (Å²) in [6.45, 7) is 1.85. The predicted octanol–water partition coefficient (Wildman–Crippen LogP) is 3.68. The molecular weight excluding hydrogens is 304 g/mol. The standard InChI is InChI=1S/C19H18N2O3/c1-13-11-19(23)21(20-13)16-8-5-14(6-9-16)3-4-15-7-10-17(22)18(12-15)24-2/h3-10,12,22H,11H2,1-2H3. The lowest BCUT2D eigenvalue weighted by Crippen LogP contribution is -2.19. The number of hydrazone groups is 1. The lowest BCUT2D eigenvalue weighted by molar-refractivity contribution is -0.116. The fourth-order valence-electron chi connectivity index (χ4n) is 2.47. The summed E-state index contributed by atoms with van der Waals surface area (Å²) in [5.41, 5.74) is 3.51. The van der Waals surface area contributed by atoms with E-state index in [1.54, 1.807) is 12.1 Å². The zero-order valence-corrected chi connectivity index (χ0v) is 13.6. The molecule has 24 heavy (non-hydrogen) atoms. The van der Waals surface area contributed by atoms with Gasteiger partial charge in [-0.3, -0.25) is 4.79 Å². The molecule has 1 N–H and O–H groups in total. The summed E-state index contributed by atoms with van der Waals surface area (Å²) in [5, 5.41) is 15.3. The third-order valence-corrected chi connectivity index (χ3v) is 3.72. The van der Waals surface area contributed by atoms with Gasteiger partial charge in [-0.25, -0.2) is 5.01 Å². The van der Waals surface area contributed by atoms with Gasteiger partial charge in [0.1, 0.15) is 0 Å². The van der Waals surface area contributed by atoms with Gasteiger partial charge in [-0.05, 0) is 42.3 Å². The number of aromatic hydroxyl groups is 1. The summed E-state index contributed by atoms with van der Waals surface area (Å²) in [6, 6.07) is 12.8. The van der Waals surface area contributed by atoms with Crippen molar-refractivity contribution in [1.82, 2.24) is 0 Å². The molecule has 1 heterocycles. The number of anilines is 1. The molecule has 1 aliphatic heterocycles. The van der Waals surface area contributed by atoms with Crippen molar-refractivity contribution in [3.05, 3.63) is 53.6 Å². The molecule has 3 rings (SSSR count). The van der Waals surface area contributed by atoms with Crippen LogP contribution >= 0.6 is 0 Å². The molecule has 0 radical (unpaired) electrons. The number of phenols is 1. The highest BCUT2D eigenvalue weighted by Gasteiger charge is 2.22. The van der Waals surface area contributed by atoms with E-state index in [2.05, 4.69) is 5.10 Å². The molecule has 2 aromatic carbocycles. The summed E-state index contributed by atoms with van der Waals surface area (Å²) in [5.74, 6) is 0.547. The Morgan fingerprint density at radius 2 is 1.79 bits per heavy atom. The molecule has 0 saturated heterocycles. The van der Waals surface area contributed by atoms with Crippen molar-refractivity contribution in [2.45, 2.75) is 13.3 Å². The van der Waals surface area contributed by atoms with E-state index in [1.165, 1.54) is 12.1 Å². The Balaban J connectivity index is 1.76. The van der Waals surface area contributed by atoms with Gasteiger partial charge in [0.15, 0.2) is 11.5 Å². The molecule has 1 amide bonds. The van der Waals surface area contributed by atoms with Crippen LogP contribution in [0, 0.1) is 0 Å². The first kappa shape index (κ1) is 15.8. The topological polar surface area (TPSA) is 62.1 Å². The third kappa shape index (κ3) is 3.30. The molecule has 5 nitrogen and oxygen atoms in total. The lowest BCUT2D eigenvalue weighted by atomic mass is 10.1. The first-order chi connectivity index (χ1) is 11.6. The van der Waals surface area contributed by atoms with Crippen LogP contribution in [-0.2, 0) is 4.79 Å². The number of methoxy groups -OCH3 is 1. The van der Waals surface area contributed by atoms with E-state index < -0.39 is 0 Å². The fourth-order valence-corrected chi connectivity index (χ4v) is 2.47. The van der Waals surface area contributed by atoms with Gasteiger partial charge in [-0.1, -0.05) is 30.4 Å². The summed E-state index contributed by atoms with van der Waals surface area (Å²) < 4.78 is 5.10. The lowest BCUT2D eigenvalue weighted by Gasteiger charge is -2.11. The van der Waals surface area contributed by atoms with Crippen LogP contribution in [0.3, 0.4) is 0 Å². The van der Waals surface area contributed by atoms with Gasteiger partial charge in [-0.15, -0.1) is 0 Å².